The Kier molecular flexibility index (Phi) is 8.29. The zero-order chi connectivity index (χ0) is 26.6. The fraction of sp³-hybridized carbons (Fsp3) is 0.321. The van der Waals surface area contributed by atoms with Gasteiger partial charge in [-0.05, 0) is 37.5 Å². The number of amides is 2. The summed E-state index contributed by atoms with van der Waals surface area (Å²) in [4.78, 5) is 40.6. The first-order valence-corrected chi connectivity index (χ1v) is 13.5. The Bertz CT molecular complexity index is 1170. The van der Waals surface area contributed by atoms with Crippen molar-refractivity contribution >= 4 is 41.3 Å². The highest BCUT2D eigenvalue weighted by atomic mass is 35.5. The van der Waals surface area contributed by atoms with Gasteiger partial charge in [0, 0.05) is 11.6 Å². The van der Waals surface area contributed by atoms with E-state index >= 15 is 0 Å². The predicted molar refractivity (Wildman–Crippen MR) is 144 cm³/mol. The van der Waals surface area contributed by atoms with Gasteiger partial charge in [0.05, 0.1) is 0 Å². The monoisotopic (exact) mass is 540 g/mol. The molecule has 2 aliphatic heterocycles. The summed E-state index contributed by atoms with van der Waals surface area (Å²) in [6.07, 6.45) is 2.12. The quantitative estimate of drug-likeness (QED) is 0.296. The number of carbonyl (C=O) groups is 3. The van der Waals surface area contributed by atoms with Gasteiger partial charge in [0.1, 0.15) is 22.7 Å². The number of fused-ring (bicyclic) bond motifs is 1. The highest BCUT2D eigenvalue weighted by Crippen LogP contribution is 2.42. The molecule has 2 amide bonds. The molecule has 2 atom stereocenters. The molecule has 7 nitrogen and oxygen atoms in total. The fourth-order valence-corrected chi connectivity index (χ4v) is 5.54. The fourth-order valence-electron chi connectivity index (χ4n) is 4.13. The minimum Gasteiger partial charge on any atom is -0.448 e. The van der Waals surface area contributed by atoms with E-state index in [1.54, 1.807) is 32.9 Å². The molecule has 0 bridgehead atoms. The maximum atomic E-state index is 13.7. The Morgan fingerprint density at radius 1 is 1.11 bits per heavy atom. The number of rotatable bonds is 7. The predicted octanol–water partition coefficient (Wildman–Crippen LogP) is 5.18. The normalized spacial score (nSPS) is 19.5. The van der Waals surface area contributed by atoms with Crippen LogP contribution in [0.5, 0.6) is 0 Å². The minimum absolute atomic E-state index is 0.161. The third-order valence-electron chi connectivity index (χ3n) is 5.70. The van der Waals surface area contributed by atoms with Crippen molar-refractivity contribution in [3.8, 4) is 0 Å². The molecule has 1 saturated heterocycles. The van der Waals surface area contributed by atoms with Crippen molar-refractivity contribution in [2.24, 2.45) is 0 Å². The van der Waals surface area contributed by atoms with E-state index in [1.165, 1.54) is 16.7 Å². The number of nitrogens with one attached hydrogen (secondary N) is 1. The average Bonchev–Trinajstić information content (AvgIpc) is 2.88. The van der Waals surface area contributed by atoms with E-state index in [-0.39, 0.29) is 11.6 Å². The molecule has 194 valence electrons. The summed E-state index contributed by atoms with van der Waals surface area (Å²) in [6.45, 7) is 5.25. The van der Waals surface area contributed by atoms with Crippen LogP contribution in [0.25, 0.3) is 0 Å². The van der Waals surface area contributed by atoms with Gasteiger partial charge in [-0.3, -0.25) is 9.69 Å². The van der Waals surface area contributed by atoms with Crippen molar-refractivity contribution in [1.82, 2.24) is 10.2 Å². The Hall–Kier alpha value is -3.23. The molecule has 2 heterocycles. The van der Waals surface area contributed by atoms with Gasteiger partial charge in [0.25, 0.3) is 5.91 Å². The van der Waals surface area contributed by atoms with Gasteiger partial charge in [0.2, 0.25) is 0 Å². The summed E-state index contributed by atoms with van der Waals surface area (Å²) in [6, 6.07) is 18.1. The topological polar surface area (TPSA) is 84.9 Å². The molecule has 1 unspecified atom stereocenters. The molecular formula is C28H29ClN2O5S. The van der Waals surface area contributed by atoms with Gasteiger partial charge in [-0.1, -0.05) is 72.8 Å². The summed E-state index contributed by atoms with van der Waals surface area (Å²) < 4.78 is 11.4. The molecule has 1 N–H and O–H groups in total. The van der Waals surface area contributed by atoms with Crippen LogP contribution in [-0.4, -0.2) is 51.5 Å². The van der Waals surface area contributed by atoms with E-state index in [0.29, 0.717) is 11.3 Å². The second-order valence-electron chi connectivity index (χ2n) is 9.57. The number of benzene rings is 2. The Balaban J connectivity index is 1.62. The van der Waals surface area contributed by atoms with Gasteiger partial charge < -0.3 is 14.8 Å². The van der Waals surface area contributed by atoms with Crippen LogP contribution in [-0.2, 0) is 19.1 Å². The molecule has 37 heavy (non-hydrogen) atoms. The maximum Gasteiger partial charge on any atom is 0.408 e. The molecule has 2 aromatic rings. The zero-order valence-electron chi connectivity index (χ0n) is 20.8. The largest absolute Gasteiger partial charge is 0.448 e. The van der Waals surface area contributed by atoms with E-state index in [0.717, 1.165) is 11.1 Å². The summed E-state index contributed by atoms with van der Waals surface area (Å²) in [5, 5.41) is 2.19. The molecule has 0 spiro atoms. The van der Waals surface area contributed by atoms with E-state index in [2.05, 4.69) is 5.32 Å². The van der Waals surface area contributed by atoms with Crippen LogP contribution in [0.4, 0.5) is 4.79 Å². The molecule has 9 heteroatoms. The van der Waals surface area contributed by atoms with Gasteiger partial charge in [-0.25, -0.2) is 9.59 Å². The molecule has 2 aromatic carbocycles. The van der Waals surface area contributed by atoms with Crippen molar-refractivity contribution < 1.29 is 23.9 Å². The number of esters is 1. The lowest BCUT2D eigenvalue weighted by Gasteiger charge is -2.49. The van der Waals surface area contributed by atoms with Crippen molar-refractivity contribution in [2.45, 2.75) is 43.9 Å². The molecule has 0 aliphatic carbocycles. The zero-order valence-corrected chi connectivity index (χ0v) is 22.4. The van der Waals surface area contributed by atoms with Crippen LogP contribution in [0.2, 0.25) is 0 Å². The number of thioether (sulfide) groups is 1. The van der Waals surface area contributed by atoms with Crippen molar-refractivity contribution in [1.29, 1.82) is 0 Å². The van der Waals surface area contributed by atoms with Crippen LogP contribution in [0.3, 0.4) is 0 Å². The SMILES string of the molecule is CC(C)(C)OC(=O)NC1C(=O)N2C(C(=O)OC(c3ccccc3)c3ccccc3)=C(/C=C\CCl)CS[C@H]12. The van der Waals surface area contributed by atoms with Crippen LogP contribution in [0.1, 0.15) is 38.0 Å². The number of carbonyl (C=O) groups excluding carboxylic acids is 3. The first-order valence-electron chi connectivity index (χ1n) is 11.9. The van der Waals surface area contributed by atoms with Crippen LogP contribution < -0.4 is 5.32 Å². The number of hydrogen-bond acceptors (Lipinski definition) is 6. The van der Waals surface area contributed by atoms with E-state index in [1.807, 2.05) is 60.7 Å². The van der Waals surface area contributed by atoms with Crippen LogP contribution in [0, 0.1) is 0 Å². The highest BCUT2D eigenvalue weighted by molar-refractivity contribution is 8.00. The number of alkyl halides is 1. The Labute approximate surface area is 225 Å². The van der Waals surface area contributed by atoms with Gasteiger partial charge in [-0.2, -0.15) is 0 Å². The lowest BCUT2D eigenvalue weighted by molar-refractivity contribution is -0.153. The molecular weight excluding hydrogens is 512 g/mol. The molecule has 0 radical (unpaired) electrons. The minimum atomic E-state index is -0.805. The van der Waals surface area contributed by atoms with Crippen molar-refractivity contribution in [2.75, 3.05) is 11.6 Å². The van der Waals surface area contributed by atoms with Crippen LogP contribution >= 0.6 is 23.4 Å². The number of hydrogen-bond donors (Lipinski definition) is 1. The van der Waals surface area contributed by atoms with Gasteiger partial charge in [0.15, 0.2) is 6.10 Å². The van der Waals surface area contributed by atoms with Gasteiger partial charge in [-0.15, -0.1) is 23.4 Å². The third-order valence-corrected chi connectivity index (χ3v) is 7.18. The molecule has 0 aromatic heterocycles. The number of alkyl carbamates (subject to hydrolysis) is 1. The third kappa shape index (κ3) is 6.19. The average molecular weight is 541 g/mol. The standard InChI is InChI=1S/C28H29ClN2O5S/c1-28(2,3)36-27(34)30-21-24(32)31-22(20(15-10-16-29)17-37-25(21)31)26(33)35-23(18-11-6-4-7-12-18)19-13-8-5-9-14-19/h4-15,21,23,25H,16-17H2,1-3H3,(H,30,34)/b15-10-/t21?,25-/m1/s1. The van der Waals surface area contributed by atoms with E-state index in [4.69, 9.17) is 21.1 Å². The molecule has 0 saturated carbocycles. The van der Waals surface area contributed by atoms with Gasteiger partial charge >= 0.3 is 12.1 Å². The molecule has 2 aliphatic rings. The number of ether oxygens (including phenoxy) is 2. The number of allylic oxidation sites excluding steroid dienone is 2. The lowest BCUT2D eigenvalue weighted by atomic mass is 10.0. The second kappa shape index (κ2) is 11.4. The Morgan fingerprint density at radius 3 is 2.24 bits per heavy atom. The molecule has 1 fully saturated rings. The first-order chi connectivity index (χ1) is 17.7. The smallest absolute Gasteiger partial charge is 0.408 e. The number of β-lactam (4-membered cyclic amide) rings is 1. The number of nitrogens with zero attached hydrogens (tertiary/aromatic N) is 1. The maximum absolute atomic E-state index is 13.7. The second-order valence-corrected chi connectivity index (χ2v) is 11.0. The van der Waals surface area contributed by atoms with E-state index < -0.39 is 41.1 Å². The molecule has 4 rings (SSSR count). The lowest BCUT2D eigenvalue weighted by Crippen LogP contribution is -2.70. The Morgan fingerprint density at radius 2 is 1.70 bits per heavy atom. The van der Waals surface area contributed by atoms with Crippen molar-refractivity contribution in [3.63, 3.8) is 0 Å². The summed E-state index contributed by atoms with van der Waals surface area (Å²) in [5.74, 6) is -0.322. The van der Waals surface area contributed by atoms with E-state index in [9.17, 15) is 14.4 Å². The summed E-state index contributed by atoms with van der Waals surface area (Å²) >= 11 is 7.31. The van der Waals surface area contributed by atoms with Crippen LogP contribution in [0.15, 0.2) is 84.1 Å². The number of halogens is 1. The summed E-state index contributed by atoms with van der Waals surface area (Å²) in [7, 11) is 0. The highest BCUT2D eigenvalue weighted by Gasteiger charge is 2.54. The first kappa shape index (κ1) is 26.8. The van der Waals surface area contributed by atoms with Crippen molar-refractivity contribution in [3.05, 3.63) is 95.2 Å². The summed E-state index contributed by atoms with van der Waals surface area (Å²) in [5.41, 5.74) is 1.71.